The molecule has 2 aromatic carbocycles. The Morgan fingerprint density at radius 2 is 1.58 bits per heavy atom. The van der Waals surface area contributed by atoms with Gasteiger partial charge in [0.05, 0.1) is 12.0 Å². The Morgan fingerprint density at radius 1 is 1.00 bits per heavy atom. The van der Waals surface area contributed by atoms with Crippen LogP contribution >= 0.6 is 0 Å². The second-order valence-corrected chi connectivity index (χ2v) is 8.08. The number of benzene rings is 2. The lowest BCUT2D eigenvalue weighted by Gasteiger charge is -2.30. The molecule has 1 fully saturated rings. The number of hydrogen-bond acceptors (Lipinski definition) is 5. The molecule has 0 amide bonds. The quantitative estimate of drug-likeness (QED) is 0.811. The third kappa shape index (κ3) is 4.55. The van der Waals surface area contributed by atoms with Crippen LogP contribution in [0.1, 0.15) is 19.8 Å². The Labute approximate surface area is 154 Å². The zero-order chi connectivity index (χ0) is 18.6. The summed E-state index contributed by atoms with van der Waals surface area (Å²) >= 11 is 0. The minimum Gasteiger partial charge on any atom is -0.497 e. The van der Waals surface area contributed by atoms with E-state index in [0.717, 1.165) is 25.1 Å². The van der Waals surface area contributed by atoms with Crippen molar-refractivity contribution in [2.24, 2.45) is 0 Å². The summed E-state index contributed by atoms with van der Waals surface area (Å²) in [5.74, 6) is 1.97. The van der Waals surface area contributed by atoms with Crippen LogP contribution in [0.25, 0.3) is 0 Å². The van der Waals surface area contributed by atoms with Gasteiger partial charge in [0.1, 0.15) is 17.2 Å². The van der Waals surface area contributed by atoms with Crippen molar-refractivity contribution in [2.75, 3.05) is 13.7 Å². The summed E-state index contributed by atoms with van der Waals surface area (Å²) in [6, 6.07) is 13.6. The molecule has 0 spiro atoms. The Kier molecular flexibility index (Phi) is 5.80. The summed E-state index contributed by atoms with van der Waals surface area (Å²) in [6.45, 7) is 2.93. The van der Waals surface area contributed by atoms with Crippen LogP contribution in [-0.2, 0) is 10.0 Å². The van der Waals surface area contributed by atoms with E-state index in [1.165, 1.54) is 0 Å². The smallest absolute Gasteiger partial charge is 0.240 e. The van der Waals surface area contributed by atoms with Gasteiger partial charge in [0.2, 0.25) is 10.0 Å². The fourth-order valence-corrected chi connectivity index (χ4v) is 4.29. The molecule has 0 aliphatic carbocycles. The van der Waals surface area contributed by atoms with Crippen molar-refractivity contribution in [3.05, 3.63) is 48.5 Å². The van der Waals surface area contributed by atoms with Crippen LogP contribution < -0.4 is 19.5 Å². The van der Waals surface area contributed by atoms with E-state index in [0.29, 0.717) is 11.5 Å². The lowest BCUT2D eigenvalue weighted by Crippen LogP contribution is -2.51. The molecule has 2 aromatic rings. The van der Waals surface area contributed by atoms with E-state index in [1.807, 2.05) is 6.92 Å². The van der Waals surface area contributed by atoms with Gasteiger partial charge in [-0.15, -0.1) is 0 Å². The molecule has 1 heterocycles. The van der Waals surface area contributed by atoms with Gasteiger partial charge in [0, 0.05) is 12.1 Å². The summed E-state index contributed by atoms with van der Waals surface area (Å²) in [5, 5.41) is 3.29. The summed E-state index contributed by atoms with van der Waals surface area (Å²) < 4.78 is 38.8. The number of hydrogen-bond donors (Lipinski definition) is 2. The molecule has 26 heavy (non-hydrogen) atoms. The SMILES string of the molecule is COc1ccc(Oc2ccc(S(=O)(=O)NC3CCCNC3C)cc2)cc1. The molecular weight excluding hydrogens is 352 g/mol. The van der Waals surface area contributed by atoms with Gasteiger partial charge >= 0.3 is 0 Å². The summed E-state index contributed by atoms with van der Waals surface area (Å²) in [6.07, 6.45) is 1.80. The Hall–Kier alpha value is -2.09. The number of sulfonamides is 1. The molecule has 1 aliphatic rings. The Balaban J connectivity index is 1.67. The van der Waals surface area contributed by atoms with Crippen LogP contribution in [0.3, 0.4) is 0 Å². The van der Waals surface area contributed by atoms with Gasteiger partial charge in [-0.05, 0) is 74.8 Å². The van der Waals surface area contributed by atoms with E-state index in [-0.39, 0.29) is 17.0 Å². The minimum atomic E-state index is -3.55. The molecule has 140 valence electrons. The predicted molar refractivity (Wildman–Crippen MR) is 100 cm³/mol. The van der Waals surface area contributed by atoms with Gasteiger partial charge in [0.25, 0.3) is 0 Å². The largest absolute Gasteiger partial charge is 0.497 e. The number of rotatable bonds is 6. The van der Waals surface area contributed by atoms with Crippen LogP contribution in [-0.4, -0.2) is 34.2 Å². The van der Waals surface area contributed by atoms with E-state index in [9.17, 15) is 8.42 Å². The van der Waals surface area contributed by atoms with Gasteiger partial charge in [-0.3, -0.25) is 0 Å². The number of methoxy groups -OCH3 is 1. The van der Waals surface area contributed by atoms with Crippen LogP contribution in [0, 0.1) is 0 Å². The van der Waals surface area contributed by atoms with Gasteiger partial charge in [-0.1, -0.05) is 0 Å². The zero-order valence-electron chi connectivity index (χ0n) is 14.9. The molecule has 0 radical (unpaired) electrons. The standard InChI is InChI=1S/C19H24N2O4S/c1-14-19(4-3-13-20-14)21-26(22,23)18-11-9-17(10-12-18)25-16-7-5-15(24-2)6-8-16/h5-12,14,19-21H,3-4,13H2,1-2H3. The fourth-order valence-electron chi connectivity index (χ4n) is 2.94. The first-order chi connectivity index (χ1) is 12.5. The third-order valence-electron chi connectivity index (χ3n) is 4.50. The van der Waals surface area contributed by atoms with Crippen LogP contribution in [0.15, 0.2) is 53.4 Å². The molecule has 0 bridgehead atoms. The minimum absolute atomic E-state index is 0.0935. The lowest BCUT2D eigenvalue weighted by atomic mass is 10.0. The van der Waals surface area contributed by atoms with Crippen LogP contribution in [0.5, 0.6) is 17.2 Å². The molecule has 0 aromatic heterocycles. The number of nitrogens with one attached hydrogen (secondary N) is 2. The predicted octanol–water partition coefficient (Wildman–Crippen LogP) is 2.91. The van der Waals surface area contributed by atoms with Crippen molar-refractivity contribution in [3.8, 4) is 17.2 Å². The third-order valence-corrected chi connectivity index (χ3v) is 6.00. The molecule has 3 rings (SSSR count). The zero-order valence-corrected chi connectivity index (χ0v) is 15.8. The first-order valence-electron chi connectivity index (χ1n) is 8.65. The summed E-state index contributed by atoms with van der Waals surface area (Å²) in [5.41, 5.74) is 0. The van der Waals surface area contributed by atoms with E-state index in [2.05, 4.69) is 10.0 Å². The second kappa shape index (κ2) is 8.07. The van der Waals surface area contributed by atoms with Crippen molar-refractivity contribution >= 4 is 10.0 Å². The summed E-state index contributed by atoms with van der Waals surface area (Å²) in [7, 11) is -1.95. The van der Waals surface area contributed by atoms with Crippen molar-refractivity contribution in [3.63, 3.8) is 0 Å². The first-order valence-corrected chi connectivity index (χ1v) is 10.1. The van der Waals surface area contributed by atoms with E-state index in [4.69, 9.17) is 9.47 Å². The lowest BCUT2D eigenvalue weighted by molar-refractivity contribution is 0.349. The van der Waals surface area contributed by atoms with Crippen LogP contribution in [0.2, 0.25) is 0 Å². The molecule has 2 N–H and O–H groups in total. The molecule has 6 nitrogen and oxygen atoms in total. The number of ether oxygens (including phenoxy) is 2. The maximum absolute atomic E-state index is 12.6. The molecule has 2 atom stereocenters. The maximum Gasteiger partial charge on any atom is 0.240 e. The van der Waals surface area contributed by atoms with Crippen molar-refractivity contribution in [1.29, 1.82) is 0 Å². The number of piperidine rings is 1. The maximum atomic E-state index is 12.6. The van der Waals surface area contributed by atoms with E-state index >= 15 is 0 Å². The normalized spacial score (nSPS) is 20.5. The molecule has 1 aliphatic heterocycles. The Morgan fingerprint density at radius 3 is 2.15 bits per heavy atom. The van der Waals surface area contributed by atoms with Gasteiger partial charge < -0.3 is 14.8 Å². The Bertz CT molecular complexity index is 820. The van der Waals surface area contributed by atoms with Crippen LogP contribution in [0.4, 0.5) is 0 Å². The molecule has 1 saturated heterocycles. The fraction of sp³-hybridized carbons (Fsp3) is 0.368. The van der Waals surface area contributed by atoms with Gasteiger partial charge in [-0.2, -0.15) is 0 Å². The molecule has 7 heteroatoms. The van der Waals surface area contributed by atoms with E-state index < -0.39 is 10.0 Å². The van der Waals surface area contributed by atoms with Gasteiger partial charge in [0.15, 0.2) is 0 Å². The van der Waals surface area contributed by atoms with E-state index in [1.54, 1.807) is 55.6 Å². The van der Waals surface area contributed by atoms with Gasteiger partial charge in [-0.25, -0.2) is 13.1 Å². The average Bonchev–Trinajstić information content (AvgIpc) is 2.65. The highest BCUT2D eigenvalue weighted by atomic mass is 32.2. The average molecular weight is 376 g/mol. The highest BCUT2D eigenvalue weighted by molar-refractivity contribution is 7.89. The molecule has 0 saturated carbocycles. The monoisotopic (exact) mass is 376 g/mol. The molecular formula is C19H24N2O4S. The highest BCUT2D eigenvalue weighted by Crippen LogP contribution is 2.25. The first kappa shape index (κ1) is 18.7. The summed E-state index contributed by atoms with van der Waals surface area (Å²) in [4.78, 5) is 0.234. The van der Waals surface area contributed by atoms with Crippen molar-refractivity contribution in [1.82, 2.24) is 10.0 Å². The topological polar surface area (TPSA) is 76.7 Å². The van der Waals surface area contributed by atoms with Crippen molar-refractivity contribution < 1.29 is 17.9 Å². The second-order valence-electron chi connectivity index (χ2n) is 6.36. The highest BCUT2D eigenvalue weighted by Gasteiger charge is 2.26. The molecule has 2 unspecified atom stereocenters. The van der Waals surface area contributed by atoms with Crippen molar-refractivity contribution in [2.45, 2.75) is 36.7 Å².